The molecule has 1 aromatic carbocycles. The van der Waals surface area contributed by atoms with E-state index in [2.05, 4.69) is 4.98 Å². The number of halogens is 3. The Morgan fingerprint density at radius 2 is 1.55 bits per heavy atom. The van der Waals surface area contributed by atoms with Gasteiger partial charge in [0.25, 0.3) is 0 Å². The number of alkyl halides is 3. The number of aromatic nitrogens is 1. The maximum absolute atomic E-state index is 10.6. The number of benzene rings is 1. The summed E-state index contributed by atoms with van der Waals surface area (Å²) < 4.78 is 31.7. The van der Waals surface area contributed by atoms with Gasteiger partial charge in [-0.3, -0.25) is 0 Å². The fourth-order valence-corrected chi connectivity index (χ4v) is 1.20. The third-order valence-electron chi connectivity index (χ3n) is 2.09. The van der Waals surface area contributed by atoms with Crippen molar-refractivity contribution in [1.29, 1.82) is 0 Å². The fraction of sp³-hybridized carbons (Fsp3) is 0.0833. The highest BCUT2D eigenvalue weighted by Gasteiger charge is 2.38. The predicted octanol–water partition coefficient (Wildman–Crippen LogP) is 2.57. The molecule has 0 atom stereocenters. The molecule has 0 bridgehead atoms. The third-order valence-corrected chi connectivity index (χ3v) is 2.09. The molecule has 20 heavy (non-hydrogen) atoms. The van der Waals surface area contributed by atoms with E-state index in [4.69, 9.17) is 15.0 Å². The van der Waals surface area contributed by atoms with Crippen LogP contribution >= 0.6 is 0 Å². The number of nitrogens with zero attached hydrogens (tertiary/aromatic N) is 1. The zero-order valence-corrected chi connectivity index (χ0v) is 9.76. The van der Waals surface area contributed by atoms with Gasteiger partial charge in [0.05, 0.1) is 0 Å². The lowest BCUT2D eigenvalue weighted by atomic mass is 10.1. The van der Waals surface area contributed by atoms with Gasteiger partial charge in [-0.1, -0.05) is 24.3 Å². The highest BCUT2D eigenvalue weighted by molar-refractivity contribution is 5.91. The van der Waals surface area contributed by atoms with E-state index in [0.717, 1.165) is 10.8 Å². The lowest BCUT2D eigenvalue weighted by Gasteiger charge is -1.97. The minimum absolute atomic E-state index is 0.0821. The molecule has 0 aliphatic heterocycles. The number of rotatable bonds is 1. The van der Waals surface area contributed by atoms with Gasteiger partial charge in [-0.05, 0) is 11.5 Å². The first-order chi connectivity index (χ1) is 9.21. The van der Waals surface area contributed by atoms with Crippen LogP contribution in [-0.4, -0.2) is 33.3 Å². The van der Waals surface area contributed by atoms with Crippen molar-refractivity contribution < 1.29 is 33.0 Å². The third kappa shape index (κ3) is 4.23. The standard InChI is InChI=1S/C10H7NO2.C2HF3O2/c12-10(13)9-5-7-3-1-2-4-8(7)6-11-9;3-2(4,5)1(6)7/h1-6H,(H,12,13);(H,6,7). The minimum Gasteiger partial charge on any atom is -0.477 e. The Morgan fingerprint density at radius 1 is 1.05 bits per heavy atom. The molecular weight excluding hydrogens is 279 g/mol. The maximum Gasteiger partial charge on any atom is 0.490 e. The van der Waals surface area contributed by atoms with Crippen molar-refractivity contribution >= 4 is 22.7 Å². The number of aliphatic carboxylic acids is 1. The molecule has 0 radical (unpaired) electrons. The van der Waals surface area contributed by atoms with Gasteiger partial charge in [0, 0.05) is 11.6 Å². The monoisotopic (exact) mass is 287 g/mol. The first-order valence-corrected chi connectivity index (χ1v) is 5.10. The minimum atomic E-state index is -5.08. The second-order valence-electron chi connectivity index (χ2n) is 3.52. The summed E-state index contributed by atoms with van der Waals surface area (Å²) in [5, 5.41) is 17.7. The second kappa shape index (κ2) is 6.00. The van der Waals surface area contributed by atoms with Crippen LogP contribution in [0.15, 0.2) is 36.5 Å². The molecule has 1 heterocycles. The highest BCUT2D eigenvalue weighted by Crippen LogP contribution is 2.13. The van der Waals surface area contributed by atoms with E-state index in [1.807, 2.05) is 24.3 Å². The van der Waals surface area contributed by atoms with Gasteiger partial charge in [-0.25, -0.2) is 14.6 Å². The molecule has 0 saturated carbocycles. The number of hydrogen-bond acceptors (Lipinski definition) is 3. The van der Waals surface area contributed by atoms with Gasteiger partial charge in [0.2, 0.25) is 0 Å². The van der Waals surface area contributed by atoms with Crippen LogP contribution in [0.25, 0.3) is 10.8 Å². The highest BCUT2D eigenvalue weighted by atomic mass is 19.4. The molecule has 0 saturated heterocycles. The van der Waals surface area contributed by atoms with Crippen molar-refractivity contribution in [1.82, 2.24) is 4.98 Å². The summed E-state index contributed by atoms with van der Waals surface area (Å²) in [6.07, 6.45) is -3.52. The largest absolute Gasteiger partial charge is 0.490 e. The predicted molar refractivity (Wildman–Crippen MR) is 62.4 cm³/mol. The molecule has 5 nitrogen and oxygen atoms in total. The van der Waals surface area contributed by atoms with Crippen molar-refractivity contribution in [2.45, 2.75) is 6.18 Å². The number of hydrogen-bond donors (Lipinski definition) is 2. The van der Waals surface area contributed by atoms with Crippen molar-refractivity contribution in [2.75, 3.05) is 0 Å². The Morgan fingerprint density at radius 3 is 2.00 bits per heavy atom. The van der Waals surface area contributed by atoms with Crippen molar-refractivity contribution in [3.05, 3.63) is 42.2 Å². The van der Waals surface area contributed by atoms with E-state index in [-0.39, 0.29) is 5.69 Å². The summed E-state index contributed by atoms with van der Waals surface area (Å²) in [5.74, 6) is -3.75. The number of pyridine rings is 1. The quantitative estimate of drug-likeness (QED) is 0.841. The molecule has 0 amide bonds. The zero-order valence-electron chi connectivity index (χ0n) is 9.76. The van der Waals surface area contributed by atoms with Gasteiger partial charge in [0.1, 0.15) is 5.69 Å². The Labute approximate surface area is 110 Å². The SMILES string of the molecule is O=C(O)C(F)(F)F.O=C(O)c1cc2ccccc2cn1. The molecule has 1 aromatic heterocycles. The van der Waals surface area contributed by atoms with E-state index in [0.29, 0.717) is 0 Å². The van der Waals surface area contributed by atoms with Gasteiger partial charge in [0.15, 0.2) is 0 Å². The van der Waals surface area contributed by atoms with Gasteiger partial charge in [-0.15, -0.1) is 0 Å². The molecule has 0 aliphatic carbocycles. The number of fused-ring (bicyclic) bond motifs is 1. The summed E-state index contributed by atoms with van der Waals surface area (Å²) in [4.78, 5) is 23.3. The fourth-order valence-electron chi connectivity index (χ4n) is 1.20. The Hall–Kier alpha value is -2.64. The van der Waals surface area contributed by atoms with Crippen molar-refractivity contribution in [3.63, 3.8) is 0 Å². The smallest absolute Gasteiger partial charge is 0.477 e. The molecule has 2 aromatic rings. The average molecular weight is 287 g/mol. The molecule has 0 unspecified atom stereocenters. The molecular formula is C12H8F3NO4. The normalized spacial score (nSPS) is 10.6. The van der Waals surface area contributed by atoms with Crippen LogP contribution in [-0.2, 0) is 4.79 Å². The van der Waals surface area contributed by atoms with Crippen LogP contribution in [0.5, 0.6) is 0 Å². The summed E-state index contributed by atoms with van der Waals surface area (Å²) in [6, 6.07) is 9.09. The topological polar surface area (TPSA) is 87.5 Å². The Balaban J connectivity index is 0.000000246. The molecule has 2 N–H and O–H groups in total. The van der Waals surface area contributed by atoms with E-state index >= 15 is 0 Å². The average Bonchev–Trinajstić information content (AvgIpc) is 2.37. The van der Waals surface area contributed by atoms with Crippen LogP contribution in [0.3, 0.4) is 0 Å². The lowest BCUT2D eigenvalue weighted by molar-refractivity contribution is -0.192. The van der Waals surface area contributed by atoms with Gasteiger partial charge < -0.3 is 10.2 Å². The number of carboxylic acids is 2. The zero-order chi connectivity index (χ0) is 15.3. The lowest BCUT2D eigenvalue weighted by Crippen LogP contribution is -2.21. The van der Waals surface area contributed by atoms with Gasteiger partial charge in [-0.2, -0.15) is 13.2 Å². The number of carboxylic acid groups (broad SMARTS) is 2. The summed E-state index contributed by atoms with van der Waals surface area (Å²) in [7, 11) is 0. The van der Waals surface area contributed by atoms with E-state index in [1.165, 1.54) is 0 Å². The molecule has 2 rings (SSSR count). The molecule has 0 spiro atoms. The number of carbonyl (C=O) groups is 2. The molecule has 0 fully saturated rings. The van der Waals surface area contributed by atoms with Crippen LogP contribution in [0.1, 0.15) is 10.5 Å². The maximum atomic E-state index is 10.6. The van der Waals surface area contributed by atoms with Crippen LogP contribution in [0.2, 0.25) is 0 Å². The van der Waals surface area contributed by atoms with Crippen LogP contribution in [0, 0.1) is 0 Å². The molecule has 8 heteroatoms. The summed E-state index contributed by atoms with van der Waals surface area (Å²) >= 11 is 0. The molecule has 106 valence electrons. The van der Waals surface area contributed by atoms with Crippen LogP contribution in [0.4, 0.5) is 13.2 Å². The van der Waals surface area contributed by atoms with Gasteiger partial charge >= 0.3 is 18.1 Å². The van der Waals surface area contributed by atoms with E-state index < -0.39 is 18.1 Å². The first kappa shape index (κ1) is 15.4. The Bertz CT molecular complexity index is 640. The van der Waals surface area contributed by atoms with E-state index in [1.54, 1.807) is 12.3 Å². The summed E-state index contributed by atoms with van der Waals surface area (Å²) in [6.45, 7) is 0. The number of aromatic carboxylic acids is 1. The van der Waals surface area contributed by atoms with Crippen LogP contribution < -0.4 is 0 Å². The molecule has 0 aliphatic rings. The van der Waals surface area contributed by atoms with Crippen molar-refractivity contribution in [3.8, 4) is 0 Å². The second-order valence-corrected chi connectivity index (χ2v) is 3.52. The van der Waals surface area contributed by atoms with Crippen molar-refractivity contribution in [2.24, 2.45) is 0 Å². The summed E-state index contributed by atoms with van der Waals surface area (Å²) in [5.41, 5.74) is 0.0821. The first-order valence-electron chi connectivity index (χ1n) is 5.10. The van der Waals surface area contributed by atoms with E-state index in [9.17, 15) is 18.0 Å². The Kier molecular flexibility index (Phi) is 4.63.